The topological polar surface area (TPSA) is 32.7 Å². The van der Waals surface area contributed by atoms with Gasteiger partial charge in [-0.05, 0) is 51.6 Å². The van der Waals surface area contributed by atoms with E-state index in [0.717, 1.165) is 13.2 Å². The molecule has 2 aliphatic heterocycles. The average Bonchev–Trinajstić information content (AvgIpc) is 2.88. The summed E-state index contributed by atoms with van der Waals surface area (Å²) >= 11 is 0. The van der Waals surface area contributed by atoms with Crippen LogP contribution in [0.25, 0.3) is 0 Å². The molecule has 1 N–H and O–H groups in total. The van der Waals surface area contributed by atoms with Gasteiger partial charge in [-0.2, -0.15) is 0 Å². The van der Waals surface area contributed by atoms with Crippen molar-refractivity contribution in [2.45, 2.75) is 50.7 Å². The van der Waals surface area contributed by atoms with E-state index in [1.165, 1.54) is 45.1 Å². The van der Waals surface area contributed by atoms with E-state index < -0.39 is 0 Å². The van der Waals surface area contributed by atoms with E-state index in [9.17, 15) is 5.11 Å². The molecule has 0 bridgehead atoms. The summed E-state index contributed by atoms with van der Waals surface area (Å²) in [5.74, 6) is 0. The van der Waals surface area contributed by atoms with Gasteiger partial charge in [-0.15, -0.1) is 0 Å². The van der Waals surface area contributed by atoms with Crippen LogP contribution < -0.4 is 0 Å². The lowest BCUT2D eigenvalue weighted by molar-refractivity contribution is 0.0951. The Morgan fingerprint density at radius 3 is 2.93 bits per heavy atom. The zero-order chi connectivity index (χ0) is 10.5. The van der Waals surface area contributed by atoms with Crippen LogP contribution in [0.3, 0.4) is 0 Å². The Labute approximate surface area is 92.4 Å². The van der Waals surface area contributed by atoms with Gasteiger partial charge in [0.1, 0.15) is 0 Å². The zero-order valence-corrected chi connectivity index (χ0v) is 9.53. The molecule has 0 saturated carbocycles. The Hall–Kier alpha value is -0.120. The second-order valence-electron chi connectivity index (χ2n) is 4.79. The second-order valence-corrected chi connectivity index (χ2v) is 4.79. The molecule has 2 saturated heterocycles. The van der Waals surface area contributed by atoms with Crippen LogP contribution in [0.1, 0.15) is 38.5 Å². The standard InChI is InChI=1S/C12H23NO2/c14-10-11-4-1-7-13(11)8-2-5-12-6-3-9-15-12/h11-12,14H,1-10H2/t11-,12?/m1/s1. The number of likely N-dealkylation sites (tertiary alicyclic amines) is 1. The molecular formula is C12H23NO2. The molecule has 0 radical (unpaired) electrons. The van der Waals surface area contributed by atoms with Gasteiger partial charge in [-0.25, -0.2) is 0 Å². The molecule has 3 nitrogen and oxygen atoms in total. The van der Waals surface area contributed by atoms with E-state index in [1.54, 1.807) is 0 Å². The van der Waals surface area contributed by atoms with Gasteiger partial charge in [0.05, 0.1) is 12.7 Å². The van der Waals surface area contributed by atoms with Crippen molar-refractivity contribution in [2.24, 2.45) is 0 Å². The SMILES string of the molecule is OC[C@H]1CCCN1CCCC1CCCO1. The van der Waals surface area contributed by atoms with Crippen LogP contribution in [0.15, 0.2) is 0 Å². The molecule has 0 aliphatic carbocycles. The van der Waals surface area contributed by atoms with Crippen molar-refractivity contribution in [1.82, 2.24) is 4.90 Å². The van der Waals surface area contributed by atoms with Gasteiger partial charge in [0.2, 0.25) is 0 Å². The summed E-state index contributed by atoms with van der Waals surface area (Å²) in [5, 5.41) is 9.18. The van der Waals surface area contributed by atoms with Gasteiger partial charge in [0.15, 0.2) is 0 Å². The van der Waals surface area contributed by atoms with Crippen LogP contribution >= 0.6 is 0 Å². The molecule has 15 heavy (non-hydrogen) atoms. The zero-order valence-electron chi connectivity index (χ0n) is 9.53. The number of hydrogen-bond donors (Lipinski definition) is 1. The fraction of sp³-hybridized carbons (Fsp3) is 1.00. The molecule has 2 atom stereocenters. The Morgan fingerprint density at radius 2 is 2.20 bits per heavy atom. The Morgan fingerprint density at radius 1 is 1.27 bits per heavy atom. The number of rotatable bonds is 5. The summed E-state index contributed by atoms with van der Waals surface area (Å²) in [5.41, 5.74) is 0. The van der Waals surface area contributed by atoms with E-state index in [4.69, 9.17) is 4.74 Å². The van der Waals surface area contributed by atoms with Crippen LogP contribution in [-0.4, -0.2) is 48.5 Å². The molecule has 0 aromatic heterocycles. The van der Waals surface area contributed by atoms with E-state index in [-0.39, 0.29) is 0 Å². The van der Waals surface area contributed by atoms with Crippen molar-refractivity contribution in [2.75, 3.05) is 26.3 Å². The monoisotopic (exact) mass is 213 g/mol. The maximum absolute atomic E-state index is 9.18. The molecule has 0 spiro atoms. The highest BCUT2D eigenvalue weighted by Gasteiger charge is 2.23. The first-order valence-corrected chi connectivity index (χ1v) is 6.36. The van der Waals surface area contributed by atoms with Crippen molar-refractivity contribution in [3.63, 3.8) is 0 Å². The quantitative estimate of drug-likeness (QED) is 0.749. The molecule has 88 valence electrons. The van der Waals surface area contributed by atoms with Crippen molar-refractivity contribution in [3.05, 3.63) is 0 Å². The second kappa shape index (κ2) is 5.83. The Bertz CT molecular complexity index is 180. The predicted molar refractivity (Wildman–Crippen MR) is 59.9 cm³/mol. The van der Waals surface area contributed by atoms with Crippen molar-refractivity contribution < 1.29 is 9.84 Å². The average molecular weight is 213 g/mol. The first-order chi connectivity index (χ1) is 7.40. The highest BCUT2D eigenvalue weighted by Crippen LogP contribution is 2.20. The van der Waals surface area contributed by atoms with Gasteiger partial charge in [0, 0.05) is 12.6 Å². The van der Waals surface area contributed by atoms with E-state index in [2.05, 4.69) is 4.90 Å². The van der Waals surface area contributed by atoms with Crippen molar-refractivity contribution in [3.8, 4) is 0 Å². The largest absolute Gasteiger partial charge is 0.395 e. The maximum Gasteiger partial charge on any atom is 0.0586 e. The minimum atomic E-state index is 0.333. The first kappa shape index (κ1) is 11.4. The first-order valence-electron chi connectivity index (χ1n) is 6.36. The van der Waals surface area contributed by atoms with E-state index >= 15 is 0 Å². The fourth-order valence-electron chi connectivity index (χ4n) is 2.79. The van der Waals surface area contributed by atoms with Gasteiger partial charge < -0.3 is 9.84 Å². The minimum Gasteiger partial charge on any atom is -0.395 e. The summed E-state index contributed by atoms with van der Waals surface area (Å²) in [6.07, 6.45) is 7.88. The summed E-state index contributed by atoms with van der Waals surface area (Å²) in [7, 11) is 0. The number of hydrogen-bond acceptors (Lipinski definition) is 3. The number of aliphatic hydroxyl groups excluding tert-OH is 1. The lowest BCUT2D eigenvalue weighted by Crippen LogP contribution is -2.33. The third kappa shape index (κ3) is 3.16. The Balaban J connectivity index is 1.60. The van der Waals surface area contributed by atoms with Crippen LogP contribution in [0.4, 0.5) is 0 Å². The van der Waals surface area contributed by atoms with Crippen LogP contribution in [0.5, 0.6) is 0 Å². The minimum absolute atomic E-state index is 0.333. The normalized spacial score (nSPS) is 32.6. The van der Waals surface area contributed by atoms with Gasteiger partial charge in [-0.3, -0.25) is 4.90 Å². The fourth-order valence-corrected chi connectivity index (χ4v) is 2.79. The molecule has 0 amide bonds. The number of aliphatic hydroxyl groups is 1. The molecule has 2 aliphatic rings. The lowest BCUT2D eigenvalue weighted by Gasteiger charge is -2.23. The molecule has 2 fully saturated rings. The van der Waals surface area contributed by atoms with Crippen molar-refractivity contribution in [1.29, 1.82) is 0 Å². The van der Waals surface area contributed by atoms with Gasteiger partial charge >= 0.3 is 0 Å². The highest BCUT2D eigenvalue weighted by molar-refractivity contribution is 4.78. The Kier molecular flexibility index (Phi) is 4.42. The summed E-state index contributed by atoms with van der Waals surface area (Å²) in [4.78, 5) is 2.44. The van der Waals surface area contributed by atoms with E-state index in [1.807, 2.05) is 0 Å². The molecule has 3 heteroatoms. The van der Waals surface area contributed by atoms with Gasteiger partial charge in [-0.1, -0.05) is 0 Å². The number of ether oxygens (including phenoxy) is 1. The highest BCUT2D eigenvalue weighted by atomic mass is 16.5. The third-order valence-corrected chi connectivity index (χ3v) is 3.71. The van der Waals surface area contributed by atoms with Crippen LogP contribution in [0, 0.1) is 0 Å². The summed E-state index contributed by atoms with van der Waals surface area (Å²) in [6, 6.07) is 0.439. The molecule has 2 rings (SSSR count). The lowest BCUT2D eigenvalue weighted by atomic mass is 10.1. The smallest absolute Gasteiger partial charge is 0.0586 e. The van der Waals surface area contributed by atoms with Crippen LogP contribution in [-0.2, 0) is 4.74 Å². The van der Waals surface area contributed by atoms with Crippen molar-refractivity contribution >= 4 is 0 Å². The molecular weight excluding hydrogens is 190 g/mol. The molecule has 0 aromatic carbocycles. The maximum atomic E-state index is 9.18. The molecule has 0 aromatic rings. The summed E-state index contributed by atoms with van der Waals surface area (Å²) in [6.45, 7) is 3.62. The predicted octanol–water partition coefficient (Wildman–Crippen LogP) is 1.40. The van der Waals surface area contributed by atoms with E-state index in [0.29, 0.717) is 18.8 Å². The molecule has 2 heterocycles. The summed E-state index contributed by atoms with van der Waals surface area (Å²) < 4.78 is 5.60. The molecule has 1 unspecified atom stereocenters. The van der Waals surface area contributed by atoms with Crippen LogP contribution in [0.2, 0.25) is 0 Å². The van der Waals surface area contributed by atoms with Gasteiger partial charge in [0.25, 0.3) is 0 Å². The third-order valence-electron chi connectivity index (χ3n) is 3.71. The number of nitrogens with zero attached hydrogens (tertiary/aromatic N) is 1.